The van der Waals surface area contributed by atoms with E-state index in [1.807, 2.05) is 60.7 Å². The summed E-state index contributed by atoms with van der Waals surface area (Å²) in [6.45, 7) is 0. The fourth-order valence-electron chi connectivity index (χ4n) is 2.93. The number of rotatable bonds is 7. The fraction of sp³-hybridized carbons (Fsp3) is 0.136. The predicted molar refractivity (Wildman–Crippen MR) is 104 cm³/mol. The van der Waals surface area contributed by atoms with Crippen LogP contribution in [-0.4, -0.2) is 18.0 Å². The van der Waals surface area contributed by atoms with Crippen LogP contribution in [0, 0.1) is 10.1 Å². The fourth-order valence-corrected chi connectivity index (χ4v) is 2.93. The van der Waals surface area contributed by atoms with E-state index in [2.05, 4.69) is 0 Å². The van der Waals surface area contributed by atoms with Crippen molar-refractivity contribution in [2.45, 2.75) is 12.5 Å². The van der Waals surface area contributed by atoms with Crippen LogP contribution < -0.4 is 4.74 Å². The van der Waals surface area contributed by atoms with Gasteiger partial charge in [-0.3, -0.25) is 14.9 Å². The van der Waals surface area contributed by atoms with E-state index in [1.54, 1.807) is 0 Å². The first-order valence-electron chi connectivity index (χ1n) is 8.69. The monoisotopic (exact) mass is 377 g/mol. The molecule has 0 fully saturated rings. The summed E-state index contributed by atoms with van der Waals surface area (Å²) in [5, 5.41) is 11.0. The molecule has 0 aromatic heterocycles. The summed E-state index contributed by atoms with van der Waals surface area (Å²) in [6, 6.07) is 23.0. The van der Waals surface area contributed by atoms with E-state index >= 15 is 0 Å². The molecule has 3 rings (SSSR count). The van der Waals surface area contributed by atoms with Crippen LogP contribution in [0.1, 0.15) is 22.8 Å². The maximum Gasteiger partial charge on any atom is 0.311 e. The second kappa shape index (κ2) is 8.81. The van der Waals surface area contributed by atoms with Crippen molar-refractivity contribution in [1.29, 1.82) is 0 Å². The Morgan fingerprint density at radius 1 is 0.964 bits per heavy atom. The van der Waals surface area contributed by atoms with Crippen molar-refractivity contribution in [3.05, 3.63) is 106 Å². The van der Waals surface area contributed by atoms with Gasteiger partial charge in [0, 0.05) is 17.7 Å². The number of methoxy groups -OCH3 is 1. The summed E-state index contributed by atoms with van der Waals surface area (Å²) in [4.78, 5) is 23.2. The van der Waals surface area contributed by atoms with E-state index in [-0.39, 0.29) is 12.1 Å². The molecule has 142 valence electrons. The van der Waals surface area contributed by atoms with Crippen LogP contribution in [0.4, 0.5) is 5.69 Å². The number of carbonyl (C=O) groups is 1. The molecule has 0 aliphatic heterocycles. The normalized spacial score (nSPS) is 10.5. The molecular weight excluding hydrogens is 358 g/mol. The molecular formula is C22H19NO5. The van der Waals surface area contributed by atoms with Gasteiger partial charge in [-0.25, -0.2) is 0 Å². The van der Waals surface area contributed by atoms with Crippen LogP contribution in [-0.2, 0) is 16.0 Å². The number of nitrogens with zero attached hydrogens (tertiary/aromatic N) is 1. The molecule has 0 heterocycles. The van der Waals surface area contributed by atoms with Gasteiger partial charge in [0.05, 0.1) is 18.5 Å². The number of hydrogen-bond acceptors (Lipinski definition) is 5. The van der Waals surface area contributed by atoms with Crippen molar-refractivity contribution in [3.63, 3.8) is 0 Å². The molecule has 0 saturated carbocycles. The molecule has 0 unspecified atom stereocenters. The van der Waals surface area contributed by atoms with Gasteiger partial charge in [0.2, 0.25) is 0 Å². The van der Waals surface area contributed by atoms with Crippen molar-refractivity contribution in [2.75, 3.05) is 7.11 Å². The summed E-state index contributed by atoms with van der Waals surface area (Å²) < 4.78 is 11.0. The lowest BCUT2D eigenvalue weighted by atomic mass is 10.0. The molecule has 0 aliphatic carbocycles. The van der Waals surface area contributed by atoms with Crippen LogP contribution >= 0.6 is 0 Å². The highest BCUT2D eigenvalue weighted by atomic mass is 16.6. The Kier molecular flexibility index (Phi) is 6.01. The minimum atomic E-state index is -0.570. The van der Waals surface area contributed by atoms with E-state index in [1.165, 1.54) is 25.3 Å². The lowest BCUT2D eigenvalue weighted by Crippen LogP contribution is -2.15. The first-order chi connectivity index (χ1) is 13.6. The SMILES string of the molecule is COc1ccc([N+](=O)[O-])cc1CC(=O)OC(c1ccccc1)c1ccccc1. The van der Waals surface area contributed by atoms with Gasteiger partial charge in [-0.15, -0.1) is 0 Å². The average Bonchev–Trinajstić information content (AvgIpc) is 2.73. The molecule has 0 aliphatic rings. The smallest absolute Gasteiger partial charge is 0.311 e. The summed E-state index contributed by atoms with van der Waals surface area (Å²) in [7, 11) is 1.45. The molecule has 0 radical (unpaired) electrons. The molecule has 6 nitrogen and oxygen atoms in total. The number of ether oxygens (including phenoxy) is 2. The Bertz CT molecular complexity index is 918. The maximum absolute atomic E-state index is 12.7. The lowest BCUT2D eigenvalue weighted by Gasteiger charge is -2.19. The third kappa shape index (κ3) is 4.54. The first-order valence-corrected chi connectivity index (χ1v) is 8.69. The van der Waals surface area contributed by atoms with Gasteiger partial charge in [-0.05, 0) is 17.2 Å². The van der Waals surface area contributed by atoms with Crippen molar-refractivity contribution in [2.24, 2.45) is 0 Å². The third-order valence-electron chi connectivity index (χ3n) is 4.26. The Morgan fingerprint density at radius 3 is 2.04 bits per heavy atom. The summed E-state index contributed by atoms with van der Waals surface area (Å²) in [5.41, 5.74) is 1.98. The zero-order valence-electron chi connectivity index (χ0n) is 15.3. The molecule has 6 heteroatoms. The van der Waals surface area contributed by atoms with Crippen molar-refractivity contribution >= 4 is 11.7 Å². The number of carbonyl (C=O) groups excluding carboxylic acids is 1. The molecule has 3 aromatic rings. The quantitative estimate of drug-likeness (QED) is 0.345. The molecule has 0 atom stereocenters. The third-order valence-corrected chi connectivity index (χ3v) is 4.26. The van der Waals surface area contributed by atoms with Gasteiger partial charge in [-0.1, -0.05) is 60.7 Å². The standard InChI is InChI=1S/C22H19NO5/c1-27-20-13-12-19(23(25)26)14-18(20)15-21(24)28-22(16-8-4-2-5-9-16)17-10-6-3-7-11-17/h2-14,22H,15H2,1H3. The number of nitro groups is 1. The summed E-state index contributed by atoms with van der Waals surface area (Å²) >= 11 is 0. The highest BCUT2D eigenvalue weighted by Crippen LogP contribution is 2.28. The predicted octanol–water partition coefficient (Wildman–Crippen LogP) is 4.48. The first kappa shape index (κ1) is 19.1. The minimum absolute atomic E-state index is 0.105. The molecule has 0 amide bonds. The van der Waals surface area contributed by atoms with E-state index in [4.69, 9.17) is 9.47 Å². The highest BCUT2D eigenvalue weighted by molar-refractivity contribution is 5.74. The summed E-state index contributed by atoms with van der Waals surface area (Å²) in [6.07, 6.45) is -0.708. The van der Waals surface area contributed by atoms with Crippen LogP contribution in [0.25, 0.3) is 0 Å². The van der Waals surface area contributed by atoms with Gasteiger partial charge >= 0.3 is 5.97 Å². The Morgan fingerprint density at radius 2 is 1.54 bits per heavy atom. The van der Waals surface area contributed by atoms with Crippen molar-refractivity contribution in [3.8, 4) is 5.75 Å². The van der Waals surface area contributed by atoms with Gasteiger partial charge in [0.25, 0.3) is 5.69 Å². The average molecular weight is 377 g/mol. The Balaban J connectivity index is 1.85. The van der Waals surface area contributed by atoms with E-state index in [0.717, 1.165) is 11.1 Å². The van der Waals surface area contributed by atoms with Crippen LogP contribution in [0.3, 0.4) is 0 Å². The Hall–Kier alpha value is -3.67. The zero-order chi connectivity index (χ0) is 19.9. The second-order valence-electron chi connectivity index (χ2n) is 6.12. The van der Waals surface area contributed by atoms with Gasteiger partial charge < -0.3 is 9.47 Å². The second-order valence-corrected chi connectivity index (χ2v) is 6.12. The number of benzene rings is 3. The molecule has 0 spiro atoms. The van der Waals surface area contributed by atoms with Crippen molar-refractivity contribution < 1.29 is 19.2 Å². The van der Waals surface area contributed by atoms with Gasteiger partial charge in [0.15, 0.2) is 6.10 Å². The molecule has 0 saturated heterocycles. The topological polar surface area (TPSA) is 78.7 Å². The minimum Gasteiger partial charge on any atom is -0.496 e. The number of non-ortho nitro benzene ring substituents is 1. The highest BCUT2D eigenvalue weighted by Gasteiger charge is 2.21. The van der Waals surface area contributed by atoms with Crippen molar-refractivity contribution in [1.82, 2.24) is 0 Å². The van der Waals surface area contributed by atoms with E-state index < -0.39 is 17.0 Å². The Labute approximate surface area is 162 Å². The van der Waals surface area contributed by atoms with Gasteiger partial charge in [-0.2, -0.15) is 0 Å². The largest absolute Gasteiger partial charge is 0.496 e. The van der Waals surface area contributed by atoms with Crippen LogP contribution in [0.2, 0.25) is 0 Å². The number of esters is 1. The molecule has 0 bridgehead atoms. The van der Waals surface area contributed by atoms with Crippen LogP contribution in [0.5, 0.6) is 5.75 Å². The maximum atomic E-state index is 12.7. The van der Waals surface area contributed by atoms with Crippen LogP contribution in [0.15, 0.2) is 78.9 Å². The molecule has 28 heavy (non-hydrogen) atoms. The summed E-state index contributed by atoms with van der Waals surface area (Å²) in [5.74, 6) is -0.102. The molecule has 0 N–H and O–H groups in total. The number of hydrogen-bond donors (Lipinski definition) is 0. The van der Waals surface area contributed by atoms with E-state index in [0.29, 0.717) is 11.3 Å². The lowest BCUT2D eigenvalue weighted by molar-refractivity contribution is -0.384. The van der Waals surface area contributed by atoms with E-state index in [9.17, 15) is 14.9 Å². The number of nitro benzene ring substituents is 1. The zero-order valence-corrected chi connectivity index (χ0v) is 15.3. The van der Waals surface area contributed by atoms with Gasteiger partial charge in [0.1, 0.15) is 5.75 Å². The molecule has 3 aromatic carbocycles.